The molecule has 29 heavy (non-hydrogen) atoms. The Labute approximate surface area is 172 Å². The van der Waals surface area contributed by atoms with Gasteiger partial charge in [0, 0.05) is 18.8 Å². The molecule has 1 unspecified atom stereocenters. The van der Waals surface area contributed by atoms with E-state index in [2.05, 4.69) is 11.9 Å². The highest BCUT2D eigenvalue weighted by atomic mass is 32.2. The number of carbonyl (C=O) groups excluding carboxylic acids is 1. The van der Waals surface area contributed by atoms with Crippen LogP contribution in [0.2, 0.25) is 0 Å². The molecule has 8 heteroatoms. The van der Waals surface area contributed by atoms with Gasteiger partial charge < -0.3 is 14.8 Å². The lowest BCUT2D eigenvalue weighted by molar-refractivity contribution is -0.122. The average molecular weight is 419 g/mol. The number of hydrogen-bond acceptors (Lipinski definition) is 5. The predicted molar refractivity (Wildman–Crippen MR) is 115 cm³/mol. The van der Waals surface area contributed by atoms with Crippen LogP contribution in [0.15, 0.2) is 61.2 Å². The van der Waals surface area contributed by atoms with Crippen LogP contribution in [0, 0.1) is 0 Å². The van der Waals surface area contributed by atoms with Gasteiger partial charge in [-0.1, -0.05) is 25.6 Å². The van der Waals surface area contributed by atoms with Crippen molar-refractivity contribution in [1.29, 1.82) is 0 Å². The normalized spacial score (nSPS) is 12.0. The maximum Gasteiger partial charge on any atom is 0.265 e. The first-order chi connectivity index (χ1) is 13.7. The van der Waals surface area contributed by atoms with E-state index in [4.69, 9.17) is 9.47 Å². The van der Waals surface area contributed by atoms with Crippen LogP contribution in [0.4, 0.5) is 11.4 Å². The summed E-state index contributed by atoms with van der Waals surface area (Å²) < 4.78 is 35.7. The molecule has 0 aromatic heterocycles. The zero-order chi connectivity index (χ0) is 21.4. The van der Waals surface area contributed by atoms with Gasteiger partial charge in [-0.05, 0) is 42.8 Å². The molecule has 1 amide bonds. The fourth-order valence-corrected chi connectivity index (χ4v) is 2.96. The molecule has 7 nitrogen and oxygen atoms in total. The molecule has 0 fully saturated rings. The van der Waals surface area contributed by atoms with Gasteiger partial charge in [0.25, 0.3) is 5.91 Å². The molecule has 0 saturated carbocycles. The van der Waals surface area contributed by atoms with E-state index in [1.54, 1.807) is 54.6 Å². The van der Waals surface area contributed by atoms with Crippen LogP contribution in [0.25, 0.3) is 0 Å². The third-order valence-electron chi connectivity index (χ3n) is 4.11. The van der Waals surface area contributed by atoms with E-state index in [-0.39, 0.29) is 5.91 Å². The molecule has 156 valence electrons. The molecular weight excluding hydrogens is 392 g/mol. The van der Waals surface area contributed by atoms with E-state index in [1.807, 2.05) is 6.92 Å². The summed E-state index contributed by atoms with van der Waals surface area (Å²) in [4.78, 5) is 12.6. The number of nitrogens with zero attached hydrogens (tertiary/aromatic N) is 1. The number of sulfonamides is 1. The lowest BCUT2D eigenvalue weighted by Gasteiger charge is -2.19. The van der Waals surface area contributed by atoms with Crippen LogP contribution in [-0.2, 0) is 14.8 Å². The summed E-state index contributed by atoms with van der Waals surface area (Å²) in [5, 5.41) is 2.82. The van der Waals surface area contributed by atoms with Gasteiger partial charge in [0.05, 0.1) is 11.9 Å². The maximum absolute atomic E-state index is 12.6. The smallest absolute Gasteiger partial charge is 0.265 e. The van der Waals surface area contributed by atoms with E-state index in [1.165, 1.54) is 11.4 Å². The van der Waals surface area contributed by atoms with Gasteiger partial charge in [-0.15, -0.1) is 0 Å². The molecule has 0 aliphatic carbocycles. The van der Waals surface area contributed by atoms with Crippen molar-refractivity contribution in [3.8, 4) is 11.5 Å². The molecule has 0 bridgehead atoms. The fraction of sp³-hybridized carbons (Fsp3) is 0.286. The van der Waals surface area contributed by atoms with Crippen molar-refractivity contribution in [1.82, 2.24) is 0 Å². The lowest BCUT2D eigenvalue weighted by Crippen LogP contribution is -2.32. The molecule has 1 N–H and O–H groups in total. The Balaban J connectivity index is 2.04. The maximum atomic E-state index is 12.6. The van der Waals surface area contributed by atoms with Crippen molar-refractivity contribution >= 4 is 27.3 Å². The van der Waals surface area contributed by atoms with Crippen LogP contribution in [0.5, 0.6) is 11.5 Å². The summed E-state index contributed by atoms with van der Waals surface area (Å²) in [6.07, 6.45) is 2.53. The second-order valence-corrected chi connectivity index (χ2v) is 8.37. The second kappa shape index (κ2) is 9.97. The molecule has 0 aliphatic heterocycles. The minimum atomic E-state index is -3.34. The quantitative estimate of drug-likeness (QED) is 0.598. The molecular formula is C21H26N2O5S. The van der Waals surface area contributed by atoms with Crippen LogP contribution in [0.1, 0.15) is 13.3 Å². The largest absolute Gasteiger partial charge is 0.489 e. The number of anilines is 2. The highest BCUT2D eigenvalue weighted by Gasteiger charge is 2.19. The summed E-state index contributed by atoms with van der Waals surface area (Å²) in [5.74, 6) is 0.814. The Morgan fingerprint density at radius 2 is 1.90 bits per heavy atom. The van der Waals surface area contributed by atoms with Crippen molar-refractivity contribution in [2.24, 2.45) is 0 Å². The minimum Gasteiger partial charge on any atom is -0.489 e. The van der Waals surface area contributed by atoms with E-state index in [0.29, 0.717) is 35.9 Å². The molecule has 2 aromatic carbocycles. The number of rotatable bonds is 10. The van der Waals surface area contributed by atoms with E-state index in [0.717, 1.165) is 6.26 Å². The van der Waals surface area contributed by atoms with Gasteiger partial charge >= 0.3 is 0 Å². The highest BCUT2D eigenvalue weighted by Crippen LogP contribution is 2.22. The zero-order valence-corrected chi connectivity index (χ0v) is 17.6. The van der Waals surface area contributed by atoms with Crippen molar-refractivity contribution in [2.75, 3.05) is 29.5 Å². The second-order valence-electron chi connectivity index (χ2n) is 6.36. The van der Waals surface area contributed by atoms with Crippen molar-refractivity contribution in [3.05, 3.63) is 61.2 Å². The number of nitrogens with one attached hydrogen (secondary N) is 1. The summed E-state index contributed by atoms with van der Waals surface area (Å²) >= 11 is 0. The standard InChI is InChI=1S/C21H26N2O5S/c1-5-14-27-19-9-7-8-16(15-19)22-21(24)20(6-2)28-18-12-10-17(11-13-18)23(3)29(4,25)26/h5,7-13,15,20H,1,6,14H2,2-4H3,(H,22,24). The topological polar surface area (TPSA) is 84.9 Å². The van der Waals surface area contributed by atoms with Crippen molar-refractivity contribution in [2.45, 2.75) is 19.4 Å². The van der Waals surface area contributed by atoms with E-state index >= 15 is 0 Å². The summed E-state index contributed by atoms with van der Waals surface area (Å²) in [6.45, 7) is 5.83. The third kappa shape index (κ3) is 6.53. The van der Waals surface area contributed by atoms with Gasteiger partial charge in [-0.25, -0.2) is 8.42 Å². The average Bonchev–Trinajstić information content (AvgIpc) is 2.70. The number of carbonyl (C=O) groups is 1. The highest BCUT2D eigenvalue weighted by molar-refractivity contribution is 7.92. The number of ether oxygens (including phenoxy) is 2. The molecule has 2 aromatic rings. The van der Waals surface area contributed by atoms with Gasteiger partial charge in [-0.2, -0.15) is 0 Å². The number of benzene rings is 2. The van der Waals surface area contributed by atoms with Gasteiger partial charge in [0.2, 0.25) is 10.0 Å². The first-order valence-corrected chi connectivity index (χ1v) is 10.9. The summed E-state index contributed by atoms with van der Waals surface area (Å²) in [5.41, 5.74) is 1.11. The predicted octanol–water partition coefficient (Wildman–Crippen LogP) is 3.44. The SMILES string of the molecule is C=CCOc1cccc(NC(=O)C(CC)Oc2ccc(N(C)S(C)(=O)=O)cc2)c1. The number of hydrogen-bond donors (Lipinski definition) is 1. The monoisotopic (exact) mass is 418 g/mol. The summed E-state index contributed by atoms with van der Waals surface area (Å²) in [6, 6.07) is 13.6. The Bertz CT molecular complexity index is 942. The third-order valence-corrected chi connectivity index (χ3v) is 5.31. The van der Waals surface area contributed by atoms with Crippen molar-refractivity contribution in [3.63, 3.8) is 0 Å². The fourth-order valence-electron chi connectivity index (χ4n) is 2.45. The van der Waals surface area contributed by atoms with Gasteiger partial charge in [-0.3, -0.25) is 9.10 Å². The van der Waals surface area contributed by atoms with Crippen LogP contribution in [0.3, 0.4) is 0 Å². The molecule has 0 radical (unpaired) electrons. The summed E-state index contributed by atoms with van der Waals surface area (Å²) in [7, 11) is -1.87. The van der Waals surface area contributed by atoms with Crippen molar-refractivity contribution < 1.29 is 22.7 Å². The minimum absolute atomic E-state index is 0.286. The Kier molecular flexibility index (Phi) is 7.67. The molecule has 0 spiro atoms. The molecule has 1 atom stereocenters. The first-order valence-electron chi connectivity index (χ1n) is 9.09. The van der Waals surface area contributed by atoms with E-state index in [9.17, 15) is 13.2 Å². The molecule has 0 heterocycles. The number of amides is 1. The Morgan fingerprint density at radius 3 is 2.48 bits per heavy atom. The zero-order valence-electron chi connectivity index (χ0n) is 16.8. The molecule has 2 rings (SSSR count). The van der Waals surface area contributed by atoms with E-state index < -0.39 is 16.1 Å². The van der Waals surface area contributed by atoms with Crippen LogP contribution >= 0.6 is 0 Å². The lowest BCUT2D eigenvalue weighted by atomic mass is 10.2. The Morgan fingerprint density at radius 1 is 1.21 bits per heavy atom. The first kappa shape index (κ1) is 22.3. The van der Waals surface area contributed by atoms with Crippen LogP contribution in [-0.4, -0.2) is 40.3 Å². The molecule has 0 aliphatic rings. The van der Waals surface area contributed by atoms with Gasteiger partial charge in [0.15, 0.2) is 6.10 Å². The van der Waals surface area contributed by atoms with Crippen LogP contribution < -0.4 is 19.1 Å². The van der Waals surface area contributed by atoms with Gasteiger partial charge in [0.1, 0.15) is 18.1 Å². The molecule has 0 saturated heterocycles. The Hall–Kier alpha value is -3.00.